The van der Waals surface area contributed by atoms with Gasteiger partial charge in [-0.3, -0.25) is 0 Å². The highest BCUT2D eigenvalue weighted by Crippen LogP contribution is 2.39. The zero-order valence-corrected chi connectivity index (χ0v) is 8.72. The van der Waals surface area contributed by atoms with Crippen LogP contribution in [0.15, 0.2) is 18.2 Å². The van der Waals surface area contributed by atoms with E-state index in [0.717, 1.165) is 15.1 Å². The molecule has 0 aliphatic rings. The van der Waals surface area contributed by atoms with Gasteiger partial charge in [0, 0.05) is 22.2 Å². The highest BCUT2D eigenvalue weighted by atomic mass is 32.1. The van der Waals surface area contributed by atoms with Crippen molar-refractivity contribution in [3.05, 3.63) is 18.2 Å². The zero-order chi connectivity index (χ0) is 10.1. The molecule has 0 saturated carbocycles. The first-order chi connectivity index (χ1) is 6.74. The molecule has 1 aromatic carbocycles. The molecular weight excluding hydrogens is 200 g/mol. The summed E-state index contributed by atoms with van der Waals surface area (Å²) in [5.74, 6) is 0.874. The Morgan fingerprint density at radius 1 is 1.14 bits per heavy atom. The number of methoxy groups -OCH3 is 2. The van der Waals surface area contributed by atoms with Crippen LogP contribution in [0.25, 0.3) is 10.1 Å². The van der Waals surface area contributed by atoms with Crippen molar-refractivity contribution in [3.8, 4) is 16.6 Å². The van der Waals surface area contributed by atoms with Gasteiger partial charge in [-0.25, -0.2) is 0 Å². The molecule has 0 unspecified atom stereocenters. The number of benzene rings is 1. The Bertz CT molecular complexity index is 462. The van der Waals surface area contributed by atoms with E-state index in [4.69, 9.17) is 9.47 Å². The average molecular weight is 210 g/mol. The molecule has 0 fully saturated rings. The number of thiophene rings is 1. The minimum absolute atomic E-state index is 0.207. The molecule has 4 heteroatoms. The molecule has 0 spiro atoms. The summed E-state index contributed by atoms with van der Waals surface area (Å²) in [7, 11) is 3.20. The number of hydrogen-bond acceptors (Lipinski definition) is 4. The van der Waals surface area contributed by atoms with Crippen LogP contribution in [-0.4, -0.2) is 19.3 Å². The Kier molecular flexibility index (Phi) is 2.21. The standard InChI is InChI=1S/C10H10O3S/c1-12-8-3-6(11)4-9-7(8)5-10(13-2)14-9/h3-5,11H,1-2H3. The van der Waals surface area contributed by atoms with E-state index in [2.05, 4.69) is 0 Å². The summed E-state index contributed by atoms with van der Waals surface area (Å²) in [5.41, 5.74) is 0. The van der Waals surface area contributed by atoms with E-state index in [1.165, 1.54) is 11.3 Å². The lowest BCUT2D eigenvalue weighted by Gasteiger charge is -2.01. The molecule has 0 aliphatic carbocycles. The first-order valence-electron chi connectivity index (χ1n) is 4.09. The fourth-order valence-electron chi connectivity index (χ4n) is 1.34. The zero-order valence-electron chi connectivity index (χ0n) is 7.90. The Morgan fingerprint density at radius 3 is 2.57 bits per heavy atom. The van der Waals surface area contributed by atoms with Crippen molar-refractivity contribution in [2.45, 2.75) is 0 Å². The van der Waals surface area contributed by atoms with Crippen LogP contribution in [0.4, 0.5) is 0 Å². The fraction of sp³-hybridized carbons (Fsp3) is 0.200. The van der Waals surface area contributed by atoms with E-state index in [0.29, 0.717) is 5.75 Å². The molecule has 2 rings (SSSR count). The maximum Gasteiger partial charge on any atom is 0.174 e. The summed E-state index contributed by atoms with van der Waals surface area (Å²) in [6, 6.07) is 5.19. The van der Waals surface area contributed by atoms with E-state index in [1.54, 1.807) is 26.4 Å². The van der Waals surface area contributed by atoms with Crippen molar-refractivity contribution in [1.82, 2.24) is 0 Å². The molecule has 74 valence electrons. The molecule has 0 amide bonds. The van der Waals surface area contributed by atoms with Crippen molar-refractivity contribution >= 4 is 21.4 Å². The molecule has 14 heavy (non-hydrogen) atoms. The van der Waals surface area contributed by atoms with Gasteiger partial charge in [0.15, 0.2) is 5.06 Å². The second-order valence-corrected chi connectivity index (χ2v) is 3.88. The van der Waals surface area contributed by atoms with Crippen molar-refractivity contribution in [1.29, 1.82) is 0 Å². The van der Waals surface area contributed by atoms with Gasteiger partial charge >= 0.3 is 0 Å². The number of phenolic OH excluding ortho intramolecular Hbond substituents is 1. The largest absolute Gasteiger partial charge is 0.508 e. The van der Waals surface area contributed by atoms with Gasteiger partial charge in [-0.15, -0.1) is 0 Å². The molecule has 2 aromatic rings. The number of rotatable bonds is 2. The molecule has 1 aromatic heterocycles. The number of aromatic hydroxyl groups is 1. The van der Waals surface area contributed by atoms with Gasteiger partial charge in [0.25, 0.3) is 0 Å². The Balaban J connectivity index is 2.71. The van der Waals surface area contributed by atoms with E-state index >= 15 is 0 Å². The molecule has 1 N–H and O–H groups in total. The van der Waals surface area contributed by atoms with Crippen molar-refractivity contribution in [2.24, 2.45) is 0 Å². The lowest BCUT2D eigenvalue weighted by Crippen LogP contribution is -1.82. The van der Waals surface area contributed by atoms with E-state index in [1.807, 2.05) is 6.07 Å². The van der Waals surface area contributed by atoms with E-state index in [9.17, 15) is 5.11 Å². The summed E-state index contributed by atoms with van der Waals surface area (Å²) in [5, 5.41) is 11.2. The van der Waals surface area contributed by atoms with E-state index < -0.39 is 0 Å². The summed E-state index contributed by atoms with van der Waals surface area (Å²) in [4.78, 5) is 0. The Hall–Kier alpha value is -1.42. The fourth-order valence-corrected chi connectivity index (χ4v) is 2.27. The molecule has 3 nitrogen and oxygen atoms in total. The summed E-state index contributed by atoms with van der Waals surface area (Å²) in [6.45, 7) is 0. The maximum atomic E-state index is 9.41. The molecule has 0 saturated heterocycles. The average Bonchev–Trinajstić information content (AvgIpc) is 2.59. The van der Waals surface area contributed by atoms with Crippen LogP contribution in [0.1, 0.15) is 0 Å². The lowest BCUT2D eigenvalue weighted by molar-refractivity contribution is 0.412. The van der Waals surface area contributed by atoms with Gasteiger partial charge in [-0.05, 0) is 6.07 Å². The predicted octanol–water partition coefficient (Wildman–Crippen LogP) is 2.62. The number of fused-ring (bicyclic) bond motifs is 1. The summed E-state index contributed by atoms with van der Waals surface area (Å²) in [6.07, 6.45) is 0. The number of hydrogen-bond donors (Lipinski definition) is 1. The predicted molar refractivity (Wildman–Crippen MR) is 56.6 cm³/mol. The second-order valence-electron chi connectivity index (χ2n) is 2.83. The van der Waals surface area contributed by atoms with Crippen LogP contribution in [0, 0.1) is 0 Å². The first-order valence-corrected chi connectivity index (χ1v) is 4.91. The summed E-state index contributed by atoms with van der Waals surface area (Å²) >= 11 is 1.48. The third-order valence-corrected chi connectivity index (χ3v) is 3.03. The quantitative estimate of drug-likeness (QED) is 0.828. The highest BCUT2D eigenvalue weighted by Gasteiger charge is 2.08. The molecule has 0 radical (unpaired) electrons. The lowest BCUT2D eigenvalue weighted by atomic mass is 10.2. The topological polar surface area (TPSA) is 38.7 Å². The van der Waals surface area contributed by atoms with Crippen molar-refractivity contribution in [3.63, 3.8) is 0 Å². The van der Waals surface area contributed by atoms with Crippen LogP contribution in [0.5, 0.6) is 16.6 Å². The third-order valence-electron chi connectivity index (χ3n) is 1.98. The second kappa shape index (κ2) is 3.38. The molecule has 0 bridgehead atoms. The Labute approximate surface area is 85.5 Å². The highest BCUT2D eigenvalue weighted by molar-refractivity contribution is 7.20. The van der Waals surface area contributed by atoms with Crippen molar-refractivity contribution in [2.75, 3.05) is 14.2 Å². The first kappa shape index (κ1) is 9.15. The third kappa shape index (κ3) is 1.37. The minimum Gasteiger partial charge on any atom is -0.508 e. The van der Waals surface area contributed by atoms with Gasteiger partial charge in [-0.1, -0.05) is 11.3 Å². The SMILES string of the molecule is COc1cc2c(OC)cc(O)cc2s1. The van der Waals surface area contributed by atoms with Crippen LogP contribution in [0.3, 0.4) is 0 Å². The Morgan fingerprint density at radius 2 is 1.93 bits per heavy atom. The molecule has 0 atom stereocenters. The van der Waals surface area contributed by atoms with Gasteiger partial charge in [0.1, 0.15) is 11.5 Å². The molecule has 0 aliphatic heterocycles. The van der Waals surface area contributed by atoms with Crippen molar-refractivity contribution < 1.29 is 14.6 Å². The molecule has 1 heterocycles. The molecular formula is C10H10O3S. The number of phenols is 1. The van der Waals surface area contributed by atoms with Crippen LogP contribution in [0.2, 0.25) is 0 Å². The van der Waals surface area contributed by atoms with Crippen LogP contribution >= 0.6 is 11.3 Å². The monoisotopic (exact) mass is 210 g/mol. The van der Waals surface area contributed by atoms with Gasteiger partial charge < -0.3 is 14.6 Å². The van der Waals surface area contributed by atoms with Gasteiger partial charge in [0.05, 0.1) is 14.2 Å². The summed E-state index contributed by atoms with van der Waals surface area (Å²) < 4.78 is 11.2. The maximum absolute atomic E-state index is 9.41. The van der Waals surface area contributed by atoms with Crippen LogP contribution < -0.4 is 9.47 Å². The van der Waals surface area contributed by atoms with E-state index in [-0.39, 0.29) is 5.75 Å². The smallest absolute Gasteiger partial charge is 0.174 e. The van der Waals surface area contributed by atoms with Gasteiger partial charge in [0.2, 0.25) is 0 Å². The van der Waals surface area contributed by atoms with Gasteiger partial charge in [-0.2, -0.15) is 0 Å². The van der Waals surface area contributed by atoms with Crippen LogP contribution in [-0.2, 0) is 0 Å². The number of ether oxygens (including phenoxy) is 2. The normalized spacial score (nSPS) is 10.4. The minimum atomic E-state index is 0.207.